The number of aliphatic hydroxyl groups is 1. The normalized spacial score (nSPS) is 12.6. The topological polar surface area (TPSA) is 62.2 Å². The molecule has 0 saturated heterocycles. The van der Waals surface area contributed by atoms with Crippen LogP contribution in [0.25, 0.3) is 0 Å². The smallest absolute Gasteiger partial charge is 0.270 e. The van der Waals surface area contributed by atoms with Crippen LogP contribution in [0, 0.1) is 0 Å². The van der Waals surface area contributed by atoms with Crippen LogP contribution in [-0.4, -0.2) is 35.1 Å². The first-order valence-electron chi connectivity index (χ1n) is 4.37. The highest BCUT2D eigenvalue weighted by molar-refractivity contribution is 9.10. The molecule has 1 unspecified atom stereocenters. The highest BCUT2D eigenvalue weighted by Crippen LogP contribution is 2.06. The fourth-order valence-corrected chi connectivity index (χ4v) is 1.26. The lowest BCUT2D eigenvalue weighted by Crippen LogP contribution is -2.36. The molecule has 0 spiro atoms. The second-order valence-corrected chi connectivity index (χ2v) is 3.77. The summed E-state index contributed by atoms with van der Waals surface area (Å²) in [5, 5.41) is 10.9. The van der Waals surface area contributed by atoms with E-state index in [1.807, 2.05) is 0 Å². The molecule has 4 nitrogen and oxygen atoms in total. The molecule has 1 amide bonds. The lowest BCUT2D eigenvalue weighted by Gasteiger charge is -2.10. The van der Waals surface area contributed by atoms with Gasteiger partial charge in [0.05, 0.1) is 0 Å². The van der Waals surface area contributed by atoms with E-state index in [0.717, 1.165) is 0 Å². The van der Waals surface area contributed by atoms with Crippen LogP contribution in [0.15, 0.2) is 22.8 Å². The number of pyridine rings is 1. The maximum Gasteiger partial charge on any atom is 0.270 e. The monoisotopic (exact) mass is 294 g/mol. The summed E-state index contributed by atoms with van der Waals surface area (Å²) in [7, 11) is 0. The third-order valence-electron chi connectivity index (χ3n) is 1.71. The van der Waals surface area contributed by atoms with Crippen LogP contribution < -0.4 is 5.32 Å². The number of halogens is 3. The van der Waals surface area contributed by atoms with Gasteiger partial charge in [-0.2, -0.15) is 0 Å². The molecule has 88 valence electrons. The average Bonchev–Trinajstić information content (AvgIpc) is 2.25. The van der Waals surface area contributed by atoms with Crippen LogP contribution in [0.2, 0.25) is 0 Å². The van der Waals surface area contributed by atoms with Crippen LogP contribution >= 0.6 is 15.9 Å². The third-order valence-corrected chi connectivity index (χ3v) is 2.15. The number of aliphatic hydroxyl groups excluding tert-OH is 1. The second kappa shape index (κ2) is 5.86. The molecule has 0 radical (unpaired) electrons. The maximum absolute atomic E-state index is 11.9. The predicted octanol–water partition coefficient (Wildman–Crippen LogP) is 1.20. The van der Waals surface area contributed by atoms with Gasteiger partial charge in [0.15, 0.2) is 0 Å². The fraction of sp³-hybridized carbons (Fsp3) is 0.333. The number of hydrogen-bond donors (Lipinski definition) is 2. The fourth-order valence-electron chi connectivity index (χ4n) is 0.912. The first-order valence-corrected chi connectivity index (χ1v) is 5.17. The molecule has 0 aliphatic heterocycles. The molecule has 1 heterocycles. The lowest BCUT2D eigenvalue weighted by atomic mass is 10.3. The van der Waals surface area contributed by atoms with Gasteiger partial charge in [0, 0.05) is 6.54 Å². The Morgan fingerprint density at radius 1 is 1.56 bits per heavy atom. The summed E-state index contributed by atoms with van der Waals surface area (Å²) < 4.78 is 24.3. The maximum atomic E-state index is 11.9. The highest BCUT2D eigenvalue weighted by atomic mass is 79.9. The van der Waals surface area contributed by atoms with E-state index in [9.17, 15) is 13.6 Å². The molecular weight excluding hydrogens is 286 g/mol. The predicted molar refractivity (Wildman–Crippen MR) is 56.3 cm³/mol. The number of alkyl halides is 2. The van der Waals surface area contributed by atoms with Crippen molar-refractivity contribution in [1.82, 2.24) is 10.3 Å². The van der Waals surface area contributed by atoms with Crippen LogP contribution in [-0.2, 0) is 0 Å². The summed E-state index contributed by atoms with van der Waals surface area (Å²) in [5.41, 5.74) is 0.0934. The summed E-state index contributed by atoms with van der Waals surface area (Å²) in [5.74, 6) is -0.610. The van der Waals surface area contributed by atoms with Crippen LogP contribution in [0.3, 0.4) is 0 Å². The zero-order valence-electron chi connectivity index (χ0n) is 8.03. The van der Waals surface area contributed by atoms with E-state index in [4.69, 9.17) is 5.11 Å². The van der Waals surface area contributed by atoms with Gasteiger partial charge in [-0.3, -0.25) is 4.79 Å². The van der Waals surface area contributed by atoms with E-state index >= 15 is 0 Å². The summed E-state index contributed by atoms with van der Waals surface area (Å²) in [4.78, 5) is 15.2. The second-order valence-electron chi connectivity index (χ2n) is 2.96. The summed E-state index contributed by atoms with van der Waals surface area (Å²) in [6.45, 7) is -0.509. The largest absolute Gasteiger partial charge is 0.385 e. The Morgan fingerprint density at radius 3 is 2.81 bits per heavy atom. The summed E-state index contributed by atoms with van der Waals surface area (Å²) in [6, 6.07) is 4.66. The van der Waals surface area contributed by atoms with Crippen molar-refractivity contribution in [2.24, 2.45) is 0 Å². The molecule has 7 heteroatoms. The number of amides is 1. The van der Waals surface area contributed by atoms with Crippen LogP contribution in [0.1, 0.15) is 10.5 Å². The molecule has 1 atom stereocenters. The van der Waals surface area contributed by atoms with Gasteiger partial charge in [0.1, 0.15) is 16.4 Å². The molecule has 0 saturated carbocycles. The number of carbonyl (C=O) groups excluding carboxylic acids is 1. The highest BCUT2D eigenvalue weighted by Gasteiger charge is 2.18. The van der Waals surface area contributed by atoms with Crippen molar-refractivity contribution in [1.29, 1.82) is 0 Å². The molecular formula is C9H9BrF2N2O2. The van der Waals surface area contributed by atoms with Gasteiger partial charge in [-0.15, -0.1) is 0 Å². The van der Waals surface area contributed by atoms with Gasteiger partial charge in [-0.05, 0) is 28.1 Å². The number of aromatic nitrogens is 1. The lowest BCUT2D eigenvalue weighted by molar-refractivity contribution is -0.00272. The zero-order valence-corrected chi connectivity index (χ0v) is 9.62. The quantitative estimate of drug-likeness (QED) is 0.821. The Hall–Kier alpha value is -1.08. The number of nitrogens with zero attached hydrogens (tertiary/aromatic N) is 1. The van der Waals surface area contributed by atoms with Crippen molar-refractivity contribution >= 4 is 21.8 Å². The average molecular weight is 295 g/mol. The number of rotatable bonds is 4. The Balaban J connectivity index is 2.53. The molecule has 0 fully saturated rings. The van der Waals surface area contributed by atoms with E-state index in [1.165, 1.54) is 6.07 Å². The van der Waals surface area contributed by atoms with E-state index < -0.39 is 25.0 Å². The van der Waals surface area contributed by atoms with Crippen LogP contribution in [0.5, 0.6) is 0 Å². The number of hydrogen-bond acceptors (Lipinski definition) is 3. The molecule has 0 bridgehead atoms. The Morgan fingerprint density at radius 2 is 2.25 bits per heavy atom. The Labute approximate surface area is 98.8 Å². The van der Waals surface area contributed by atoms with Gasteiger partial charge in [-0.1, -0.05) is 6.07 Å². The Kier molecular flexibility index (Phi) is 4.75. The SMILES string of the molecule is O=C(NCC(O)C(F)F)c1cccc(Br)n1. The van der Waals surface area contributed by atoms with E-state index in [0.29, 0.717) is 4.60 Å². The molecule has 16 heavy (non-hydrogen) atoms. The van der Waals surface area contributed by atoms with Gasteiger partial charge < -0.3 is 10.4 Å². The van der Waals surface area contributed by atoms with E-state index in [1.54, 1.807) is 12.1 Å². The summed E-state index contributed by atoms with van der Waals surface area (Å²) >= 11 is 3.07. The van der Waals surface area contributed by atoms with Crippen molar-refractivity contribution in [2.45, 2.75) is 12.5 Å². The first-order chi connectivity index (χ1) is 7.50. The molecule has 1 aromatic rings. The standard InChI is InChI=1S/C9H9BrF2N2O2/c10-7-3-1-2-5(14-7)9(16)13-4-6(15)8(11)12/h1-3,6,8,15H,4H2,(H,13,16). The molecule has 1 aromatic heterocycles. The molecule has 0 aliphatic rings. The minimum atomic E-state index is -2.88. The van der Waals surface area contributed by atoms with E-state index in [2.05, 4.69) is 26.2 Å². The van der Waals surface area contributed by atoms with Crippen LogP contribution in [0.4, 0.5) is 8.78 Å². The minimum absolute atomic E-state index is 0.0934. The van der Waals surface area contributed by atoms with Crippen molar-refractivity contribution in [3.8, 4) is 0 Å². The zero-order chi connectivity index (χ0) is 12.1. The summed E-state index contributed by atoms with van der Waals surface area (Å²) in [6.07, 6.45) is -4.74. The van der Waals surface area contributed by atoms with Crippen molar-refractivity contribution in [2.75, 3.05) is 6.54 Å². The molecule has 2 N–H and O–H groups in total. The van der Waals surface area contributed by atoms with Gasteiger partial charge >= 0.3 is 0 Å². The van der Waals surface area contributed by atoms with Crippen molar-refractivity contribution in [3.05, 3.63) is 28.5 Å². The molecule has 1 rings (SSSR count). The first kappa shape index (κ1) is 13.0. The van der Waals surface area contributed by atoms with Gasteiger partial charge in [0.2, 0.25) is 0 Å². The van der Waals surface area contributed by atoms with Gasteiger partial charge in [0.25, 0.3) is 12.3 Å². The minimum Gasteiger partial charge on any atom is -0.385 e. The Bertz CT molecular complexity index is 376. The third kappa shape index (κ3) is 3.82. The van der Waals surface area contributed by atoms with Crippen molar-refractivity contribution in [3.63, 3.8) is 0 Å². The number of carbonyl (C=O) groups is 1. The molecule has 0 aromatic carbocycles. The number of nitrogens with one attached hydrogen (secondary N) is 1. The van der Waals surface area contributed by atoms with Gasteiger partial charge in [-0.25, -0.2) is 13.8 Å². The van der Waals surface area contributed by atoms with E-state index in [-0.39, 0.29) is 5.69 Å². The molecule has 0 aliphatic carbocycles. The van der Waals surface area contributed by atoms with Crippen molar-refractivity contribution < 1.29 is 18.7 Å².